The van der Waals surface area contributed by atoms with E-state index in [0.717, 1.165) is 18.6 Å². The van der Waals surface area contributed by atoms with E-state index in [0.29, 0.717) is 17.3 Å². The summed E-state index contributed by atoms with van der Waals surface area (Å²) in [7, 11) is 0. The van der Waals surface area contributed by atoms with Crippen LogP contribution in [-0.2, 0) is 17.4 Å². The molecule has 6 nitrogen and oxygen atoms in total. The molecular weight excluding hydrogens is 459 g/mol. The maximum Gasteiger partial charge on any atom is 0.416 e. The van der Waals surface area contributed by atoms with Gasteiger partial charge in [0.05, 0.1) is 5.56 Å². The van der Waals surface area contributed by atoms with Gasteiger partial charge in [-0.05, 0) is 49.7 Å². The minimum absolute atomic E-state index is 0.0582. The summed E-state index contributed by atoms with van der Waals surface area (Å²) in [5.41, 5.74) is -0.591. The first-order chi connectivity index (χ1) is 15.7. The number of amides is 1. The van der Waals surface area contributed by atoms with Crippen molar-refractivity contribution in [3.05, 3.63) is 65.0 Å². The van der Waals surface area contributed by atoms with E-state index < -0.39 is 11.7 Å². The normalized spacial score (nSPS) is 12.4. The second-order valence-corrected chi connectivity index (χ2v) is 7.86. The summed E-state index contributed by atoms with van der Waals surface area (Å²) in [5, 5.41) is 4.36. The molecule has 0 bridgehead atoms. The Bertz CT molecular complexity index is 1070. The van der Waals surface area contributed by atoms with Gasteiger partial charge in [0.1, 0.15) is 5.75 Å². The molecule has 33 heavy (non-hydrogen) atoms. The first-order valence-corrected chi connectivity index (χ1v) is 10.7. The summed E-state index contributed by atoms with van der Waals surface area (Å²) in [6.07, 6.45) is -3.48. The van der Waals surface area contributed by atoms with Crippen LogP contribution in [0.3, 0.4) is 0 Å². The fraction of sp³-hybridized carbons (Fsp3) is 0.348. The van der Waals surface area contributed by atoms with Crippen LogP contribution >= 0.6 is 11.6 Å². The molecule has 0 unspecified atom stereocenters. The molecule has 2 aromatic carbocycles. The lowest BCUT2D eigenvalue weighted by molar-refractivity contribution is -0.137. The van der Waals surface area contributed by atoms with Crippen LogP contribution in [0, 0.1) is 0 Å². The van der Waals surface area contributed by atoms with Gasteiger partial charge in [-0.15, -0.1) is 0 Å². The van der Waals surface area contributed by atoms with Gasteiger partial charge in [0.25, 0.3) is 5.91 Å². The molecule has 176 valence electrons. The molecule has 0 aliphatic heterocycles. The van der Waals surface area contributed by atoms with Gasteiger partial charge in [-0.25, -0.2) is 0 Å². The second kappa shape index (κ2) is 10.7. The topological polar surface area (TPSA) is 68.5 Å². The van der Waals surface area contributed by atoms with Crippen LogP contribution < -0.4 is 4.74 Å². The highest BCUT2D eigenvalue weighted by Gasteiger charge is 2.31. The van der Waals surface area contributed by atoms with E-state index in [1.807, 2.05) is 13.8 Å². The standard InChI is InChI=1S/C23H23ClF3N3O3/c1-3-15(2)30(21(31)14-32-19-9-7-18(24)8-10-19)12-11-20-28-22(29-33-20)16-5-4-6-17(13-16)23(25,26)27/h4-10,13,15H,3,11-12,14H2,1-2H3/t15-/m1/s1. The van der Waals surface area contributed by atoms with Crippen molar-refractivity contribution in [1.29, 1.82) is 0 Å². The van der Waals surface area contributed by atoms with Gasteiger partial charge in [0.2, 0.25) is 11.7 Å². The SMILES string of the molecule is CC[C@@H](C)N(CCc1nc(-c2cccc(C(F)(F)F)c2)no1)C(=O)COc1ccc(Cl)cc1. The number of nitrogens with zero attached hydrogens (tertiary/aromatic N) is 3. The third-order valence-corrected chi connectivity index (χ3v) is 5.35. The number of ether oxygens (including phenoxy) is 1. The molecular formula is C23H23ClF3N3O3. The molecule has 0 saturated carbocycles. The number of alkyl halides is 3. The zero-order valence-electron chi connectivity index (χ0n) is 18.1. The van der Waals surface area contributed by atoms with Crippen LogP contribution in [0.15, 0.2) is 53.1 Å². The number of hydrogen-bond donors (Lipinski definition) is 0. The molecule has 0 radical (unpaired) electrons. The zero-order valence-corrected chi connectivity index (χ0v) is 18.9. The fourth-order valence-corrected chi connectivity index (χ4v) is 3.22. The van der Waals surface area contributed by atoms with E-state index in [1.54, 1.807) is 29.2 Å². The van der Waals surface area contributed by atoms with Crippen molar-refractivity contribution in [3.8, 4) is 17.1 Å². The molecule has 0 spiro atoms. The number of halogens is 4. The monoisotopic (exact) mass is 481 g/mol. The minimum Gasteiger partial charge on any atom is -0.484 e. The first kappa shape index (κ1) is 24.6. The highest BCUT2D eigenvalue weighted by Crippen LogP contribution is 2.31. The summed E-state index contributed by atoms with van der Waals surface area (Å²) in [6.45, 7) is 4.03. The molecule has 3 aromatic rings. The van der Waals surface area contributed by atoms with E-state index in [1.165, 1.54) is 12.1 Å². The van der Waals surface area contributed by atoms with Crippen molar-refractivity contribution in [2.75, 3.05) is 13.2 Å². The van der Waals surface area contributed by atoms with E-state index in [-0.39, 0.29) is 42.3 Å². The lowest BCUT2D eigenvalue weighted by atomic mass is 10.1. The third-order valence-electron chi connectivity index (χ3n) is 5.10. The number of rotatable bonds is 9. The van der Waals surface area contributed by atoms with Crippen LogP contribution in [0.25, 0.3) is 11.4 Å². The van der Waals surface area contributed by atoms with Crippen LogP contribution in [-0.4, -0.2) is 40.1 Å². The zero-order chi connectivity index (χ0) is 24.0. The average Bonchev–Trinajstić information content (AvgIpc) is 3.27. The predicted octanol–water partition coefficient (Wildman–Crippen LogP) is 5.66. The van der Waals surface area contributed by atoms with E-state index in [2.05, 4.69) is 10.1 Å². The molecule has 0 N–H and O–H groups in total. The van der Waals surface area contributed by atoms with Crippen LogP contribution in [0.5, 0.6) is 5.75 Å². The molecule has 1 amide bonds. The van der Waals surface area contributed by atoms with Crippen LogP contribution in [0.1, 0.15) is 31.7 Å². The van der Waals surface area contributed by atoms with Crippen molar-refractivity contribution in [1.82, 2.24) is 15.0 Å². The van der Waals surface area contributed by atoms with Gasteiger partial charge >= 0.3 is 6.18 Å². The summed E-state index contributed by atoms with van der Waals surface area (Å²) in [5.74, 6) is 0.599. The van der Waals surface area contributed by atoms with E-state index >= 15 is 0 Å². The Morgan fingerprint density at radius 2 is 1.94 bits per heavy atom. The third kappa shape index (κ3) is 6.71. The lowest BCUT2D eigenvalue weighted by Gasteiger charge is -2.28. The van der Waals surface area contributed by atoms with Crippen molar-refractivity contribution < 1.29 is 27.2 Å². The summed E-state index contributed by atoms with van der Waals surface area (Å²) < 4.78 is 49.6. The second-order valence-electron chi connectivity index (χ2n) is 7.43. The maximum atomic E-state index is 13.0. The minimum atomic E-state index is -4.46. The van der Waals surface area contributed by atoms with Crippen LogP contribution in [0.4, 0.5) is 13.2 Å². The predicted molar refractivity (Wildman–Crippen MR) is 117 cm³/mol. The van der Waals surface area contributed by atoms with Crippen molar-refractivity contribution in [2.24, 2.45) is 0 Å². The number of carbonyl (C=O) groups excluding carboxylic acids is 1. The Kier molecular flexibility index (Phi) is 7.97. The Morgan fingerprint density at radius 1 is 1.21 bits per heavy atom. The van der Waals surface area contributed by atoms with Gasteiger partial charge in [-0.2, -0.15) is 18.2 Å². The van der Waals surface area contributed by atoms with E-state index in [9.17, 15) is 18.0 Å². The summed E-state index contributed by atoms with van der Waals surface area (Å²) >= 11 is 5.85. The summed E-state index contributed by atoms with van der Waals surface area (Å²) in [6, 6.07) is 11.4. The van der Waals surface area contributed by atoms with Crippen molar-refractivity contribution in [2.45, 2.75) is 38.9 Å². The van der Waals surface area contributed by atoms with Gasteiger partial charge < -0.3 is 14.2 Å². The fourth-order valence-electron chi connectivity index (χ4n) is 3.09. The molecule has 0 aliphatic carbocycles. The lowest BCUT2D eigenvalue weighted by Crippen LogP contribution is -2.42. The summed E-state index contributed by atoms with van der Waals surface area (Å²) in [4.78, 5) is 18.6. The van der Waals surface area contributed by atoms with Crippen LogP contribution in [0.2, 0.25) is 5.02 Å². The highest BCUT2D eigenvalue weighted by molar-refractivity contribution is 6.30. The molecule has 0 aliphatic rings. The van der Waals surface area contributed by atoms with Crippen molar-refractivity contribution in [3.63, 3.8) is 0 Å². The van der Waals surface area contributed by atoms with E-state index in [4.69, 9.17) is 20.9 Å². The molecule has 10 heteroatoms. The smallest absolute Gasteiger partial charge is 0.416 e. The molecule has 0 fully saturated rings. The largest absolute Gasteiger partial charge is 0.484 e. The molecule has 1 aromatic heterocycles. The van der Waals surface area contributed by atoms with Crippen molar-refractivity contribution >= 4 is 17.5 Å². The molecule has 0 saturated heterocycles. The van der Waals surface area contributed by atoms with Gasteiger partial charge in [-0.1, -0.05) is 35.8 Å². The maximum absolute atomic E-state index is 13.0. The number of benzene rings is 2. The number of carbonyl (C=O) groups is 1. The Hall–Kier alpha value is -3.07. The van der Waals surface area contributed by atoms with Gasteiger partial charge in [0, 0.05) is 29.6 Å². The molecule has 1 atom stereocenters. The van der Waals surface area contributed by atoms with Gasteiger partial charge in [0.15, 0.2) is 6.61 Å². The Morgan fingerprint density at radius 3 is 2.61 bits per heavy atom. The highest BCUT2D eigenvalue weighted by atomic mass is 35.5. The molecule has 3 rings (SSSR count). The number of hydrogen-bond acceptors (Lipinski definition) is 5. The average molecular weight is 482 g/mol. The Balaban J connectivity index is 1.64. The van der Waals surface area contributed by atoms with Gasteiger partial charge in [-0.3, -0.25) is 4.79 Å². The number of aromatic nitrogens is 2. The Labute approximate surface area is 194 Å². The molecule has 1 heterocycles. The quantitative estimate of drug-likeness (QED) is 0.394. The first-order valence-electron chi connectivity index (χ1n) is 10.4.